The molecule has 2 heterocycles. The lowest BCUT2D eigenvalue weighted by Crippen LogP contribution is -2.40. The Hall–Kier alpha value is -2.63. The number of anilines is 1. The van der Waals surface area contributed by atoms with Gasteiger partial charge in [0.1, 0.15) is 0 Å². The lowest BCUT2D eigenvalue weighted by molar-refractivity contribution is -0.148. The van der Waals surface area contributed by atoms with Crippen molar-refractivity contribution in [3.63, 3.8) is 0 Å². The second-order valence-corrected chi connectivity index (χ2v) is 5.96. The molecular formula is C17H16N2O4. The van der Waals surface area contributed by atoms with Gasteiger partial charge in [-0.25, -0.2) is 0 Å². The van der Waals surface area contributed by atoms with Gasteiger partial charge in [0.2, 0.25) is 5.91 Å². The summed E-state index contributed by atoms with van der Waals surface area (Å²) >= 11 is 0. The summed E-state index contributed by atoms with van der Waals surface area (Å²) in [6.07, 6.45) is 0.293. The van der Waals surface area contributed by atoms with Crippen LogP contribution in [0.15, 0.2) is 29.8 Å². The third kappa shape index (κ3) is 1.91. The van der Waals surface area contributed by atoms with Gasteiger partial charge < -0.3 is 10.1 Å². The molecule has 2 N–H and O–H groups in total. The third-order valence-electron chi connectivity index (χ3n) is 4.76. The van der Waals surface area contributed by atoms with Crippen LogP contribution in [-0.2, 0) is 19.1 Å². The number of rotatable bonds is 2. The second-order valence-electron chi connectivity index (χ2n) is 5.96. The Morgan fingerprint density at radius 1 is 1.26 bits per heavy atom. The number of ether oxygens (including phenoxy) is 1. The largest absolute Gasteiger partial charge is 0.466 e. The number of amides is 2. The van der Waals surface area contributed by atoms with Gasteiger partial charge in [0.25, 0.3) is 5.91 Å². The van der Waals surface area contributed by atoms with Gasteiger partial charge in [-0.15, -0.1) is 0 Å². The van der Waals surface area contributed by atoms with Crippen molar-refractivity contribution in [1.29, 1.82) is 0 Å². The molecule has 0 saturated carbocycles. The molecule has 3 atom stereocenters. The van der Waals surface area contributed by atoms with Crippen molar-refractivity contribution >= 4 is 29.0 Å². The highest BCUT2D eigenvalue weighted by Crippen LogP contribution is 2.48. The molecule has 1 aromatic rings. The average Bonchev–Trinajstić information content (AvgIpc) is 3.04. The highest BCUT2D eigenvalue weighted by molar-refractivity contribution is 6.21. The molecule has 4 rings (SSSR count). The fourth-order valence-corrected chi connectivity index (χ4v) is 3.83. The van der Waals surface area contributed by atoms with Gasteiger partial charge in [-0.3, -0.25) is 19.7 Å². The van der Waals surface area contributed by atoms with Gasteiger partial charge in [0.05, 0.1) is 24.5 Å². The van der Waals surface area contributed by atoms with Crippen LogP contribution in [-0.4, -0.2) is 30.4 Å². The maximum absolute atomic E-state index is 12.4. The van der Waals surface area contributed by atoms with Crippen LogP contribution < -0.4 is 10.6 Å². The zero-order chi connectivity index (χ0) is 16.1. The number of imide groups is 1. The molecule has 1 saturated heterocycles. The van der Waals surface area contributed by atoms with E-state index < -0.39 is 11.8 Å². The van der Waals surface area contributed by atoms with Crippen LogP contribution in [0.4, 0.5) is 5.69 Å². The first kappa shape index (κ1) is 14.0. The van der Waals surface area contributed by atoms with Crippen molar-refractivity contribution in [2.45, 2.75) is 19.4 Å². The maximum Gasteiger partial charge on any atom is 0.311 e. The van der Waals surface area contributed by atoms with E-state index in [-0.39, 0.29) is 30.4 Å². The number of hydrogen-bond donors (Lipinski definition) is 2. The highest BCUT2D eigenvalue weighted by atomic mass is 16.5. The summed E-state index contributed by atoms with van der Waals surface area (Å²) in [5.74, 6) is -2.06. The van der Waals surface area contributed by atoms with E-state index in [0.29, 0.717) is 12.0 Å². The lowest BCUT2D eigenvalue weighted by atomic mass is 9.74. The SMILES string of the molecule is CCOC(=O)C1CC2C(=O)NC(=O)C2=C2c3ccccc3NC21. The van der Waals surface area contributed by atoms with Crippen molar-refractivity contribution in [3.8, 4) is 0 Å². The first-order valence-electron chi connectivity index (χ1n) is 7.73. The number of carbonyl (C=O) groups is 3. The maximum atomic E-state index is 12.4. The Kier molecular flexibility index (Phi) is 3.01. The summed E-state index contributed by atoms with van der Waals surface area (Å²) in [6.45, 7) is 2.04. The molecule has 1 aliphatic carbocycles. The van der Waals surface area contributed by atoms with E-state index in [2.05, 4.69) is 10.6 Å². The number of para-hydroxylation sites is 1. The smallest absolute Gasteiger partial charge is 0.311 e. The first-order chi connectivity index (χ1) is 11.1. The van der Waals surface area contributed by atoms with Crippen LogP contribution in [0.25, 0.3) is 5.57 Å². The summed E-state index contributed by atoms with van der Waals surface area (Å²) in [6, 6.07) is 7.27. The van der Waals surface area contributed by atoms with E-state index in [0.717, 1.165) is 16.8 Å². The summed E-state index contributed by atoms with van der Waals surface area (Å²) < 4.78 is 5.18. The number of nitrogens with one attached hydrogen (secondary N) is 2. The van der Waals surface area contributed by atoms with Gasteiger partial charge in [-0.2, -0.15) is 0 Å². The molecule has 0 aromatic heterocycles. The summed E-state index contributed by atoms with van der Waals surface area (Å²) in [5, 5.41) is 5.70. The molecular weight excluding hydrogens is 296 g/mol. The van der Waals surface area contributed by atoms with E-state index in [1.54, 1.807) is 6.92 Å². The molecule has 23 heavy (non-hydrogen) atoms. The Balaban J connectivity index is 1.88. The van der Waals surface area contributed by atoms with Gasteiger partial charge in [-0.05, 0) is 25.0 Å². The number of carbonyl (C=O) groups excluding carboxylic acids is 3. The van der Waals surface area contributed by atoms with Crippen molar-refractivity contribution in [2.24, 2.45) is 11.8 Å². The van der Waals surface area contributed by atoms with Crippen LogP contribution in [0.2, 0.25) is 0 Å². The van der Waals surface area contributed by atoms with Gasteiger partial charge >= 0.3 is 5.97 Å². The third-order valence-corrected chi connectivity index (χ3v) is 4.76. The number of fused-ring (bicyclic) bond motifs is 4. The quantitative estimate of drug-likeness (QED) is 0.631. The molecule has 1 fully saturated rings. The number of benzene rings is 1. The first-order valence-corrected chi connectivity index (χ1v) is 7.73. The number of hydrogen-bond acceptors (Lipinski definition) is 5. The normalized spacial score (nSPS) is 27.8. The molecule has 0 spiro atoms. The standard InChI is InChI=1S/C17H16N2O4/c1-2-23-17(22)10-7-9-13(16(21)19-15(9)20)12-8-5-3-4-6-11(8)18-14(10)12/h3-6,9-10,14,18H,2,7H2,1H3,(H,19,20,21). The summed E-state index contributed by atoms with van der Waals surface area (Å²) in [5.41, 5.74) is 3.02. The van der Waals surface area contributed by atoms with Crippen LogP contribution in [0.5, 0.6) is 0 Å². The predicted octanol–water partition coefficient (Wildman–Crippen LogP) is 1.09. The topological polar surface area (TPSA) is 84.5 Å². The van der Waals surface area contributed by atoms with Crippen molar-refractivity contribution < 1.29 is 19.1 Å². The molecule has 118 valence electrons. The molecule has 3 unspecified atom stereocenters. The minimum atomic E-state index is -0.573. The molecule has 0 bridgehead atoms. The van der Waals surface area contributed by atoms with Crippen LogP contribution in [0.3, 0.4) is 0 Å². The predicted molar refractivity (Wildman–Crippen MR) is 82.2 cm³/mol. The lowest BCUT2D eigenvalue weighted by Gasteiger charge is -2.31. The van der Waals surface area contributed by atoms with E-state index in [4.69, 9.17) is 4.74 Å². The molecule has 2 aliphatic heterocycles. The molecule has 0 radical (unpaired) electrons. The van der Waals surface area contributed by atoms with Crippen molar-refractivity contribution in [1.82, 2.24) is 5.32 Å². The van der Waals surface area contributed by atoms with Crippen molar-refractivity contribution in [2.75, 3.05) is 11.9 Å². The van der Waals surface area contributed by atoms with Crippen LogP contribution >= 0.6 is 0 Å². The average molecular weight is 312 g/mol. The molecule has 1 aromatic carbocycles. The molecule has 6 heteroatoms. The Bertz CT molecular complexity index is 768. The number of esters is 1. The van der Waals surface area contributed by atoms with Crippen LogP contribution in [0.1, 0.15) is 18.9 Å². The van der Waals surface area contributed by atoms with Gasteiger partial charge in [0, 0.05) is 16.8 Å². The second kappa shape index (κ2) is 4.94. The van der Waals surface area contributed by atoms with E-state index in [1.807, 2.05) is 24.3 Å². The Morgan fingerprint density at radius 3 is 2.83 bits per heavy atom. The van der Waals surface area contributed by atoms with Gasteiger partial charge in [0.15, 0.2) is 0 Å². The zero-order valence-corrected chi connectivity index (χ0v) is 12.6. The van der Waals surface area contributed by atoms with Crippen molar-refractivity contribution in [3.05, 3.63) is 35.4 Å². The minimum Gasteiger partial charge on any atom is -0.466 e. The molecule has 6 nitrogen and oxygen atoms in total. The fraction of sp³-hybridized carbons (Fsp3) is 0.353. The summed E-state index contributed by atoms with van der Waals surface area (Å²) in [4.78, 5) is 36.7. The minimum absolute atomic E-state index is 0.288. The van der Waals surface area contributed by atoms with E-state index >= 15 is 0 Å². The Morgan fingerprint density at radius 2 is 2.04 bits per heavy atom. The van der Waals surface area contributed by atoms with Gasteiger partial charge in [-0.1, -0.05) is 18.2 Å². The summed E-state index contributed by atoms with van der Waals surface area (Å²) in [7, 11) is 0. The monoisotopic (exact) mass is 312 g/mol. The fourth-order valence-electron chi connectivity index (χ4n) is 3.83. The molecule has 3 aliphatic rings. The van der Waals surface area contributed by atoms with E-state index in [9.17, 15) is 14.4 Å². The highest BCUT2D eigenvalue weighted by Gasteiger charge is 2.51. The Labute approximate surface area is 132 Å². The van der Waals surface area contributed by atoms with E-state index in [1.165, 1.54) is 0 Å². The molecule has 2 amide bonds. The van der Waals surface area contributed by atoms with Crippen LogP contribution in [0, 0.1) is 11.8 Å². The zero-order valence-electron chi connectivity index (χ0n) is 12.6.